The van der Waals surface area contributed by atoms with Crippen molar-refractivity contribution >= 4 is 21.9 Å². The third kappa shape index (κ3) is 3.44. The molecule has 3 heteroatoms. The Morgan fingerprint density at radius 1 is 0.576 bits per heavy atom. The Hall–Kier alpha value is -4.68. The van der Waals surface area contributed by atoms with E-state index < -0.39 is 0 Å². The van der Waals surface area contributed by atoms with E-state index in [9.17, 15) is 5.26 Å². The van der Waals surface area contributed by atoms with Gasteiger partial charge < -0.3 is 4.42 Å². The van der Waals surface area contributed by atoms with Gasteiger partial charge in [-0.05, 0) is 64.7 Å². The van der Waals surface area contributed by atoms with Gasteiger partial charge in [-0.3, -0.25) is 4.98 Å². The second-order valence-electron chi connectivity index (χ2n) is 8.01. The van der Waals surface area contributed by atoms with E-state index in [0.717, 1.165) is 49.9 Å². The third-order valence-electron chi connectivity index (χ3n) is 5.96. The third-order valence-corrected chi connectivity index (χ3v) is 5.96. The van der Waals surface area contributed by atoms with Crippen LogP contribution in [0, 0.1) is 11.3 Å². The maximum absolute atomic E-state index is 9.20. The number of aromatic nitrogens is 1. The highest BCUT2D eigenvalue weighted by molar-refractivity contribution is 6.07. The van der Waals surface area contributed by atoms with Crippen molar-refractivity contribution in [3.8, 4) is 39.6 Å². The number of furan rings is 1. The number of rotatable bonds is 3. The highest BCUT2D eigenvalue weighted by Crippen LogP contribution is 2.35. The lowest BCUT2D eigenvalue weighted by Gasteiger charge is -2.06. The number of nitriles is 1. The van der Waals surface area contributed by atoms with Crippen LogP contribution in [-0.2, 0) is 0 Å². The van der Waals surface area contributed by atoms with Crippen LogP contribution in [0.5, 0.6) is 0 Å². The average molecular weight is 422 g/mol. The lowest BCUT2D eigenvalue weighted by atomic mass is 9.99. The molecule has 154 valence electrons. The van der Waals surface area contributed by atoms with Crippen molar-refractivity contribution in [2.24, 2.45) is 0 Å². The second kappa shape index (κ2) is 7.78. The molecule has 6 rings (SSSR count). The number of hydrogen-bond donors (Lipinski definition) is 0. The summed E-state index contributed by atoms with van der Waals surface area (Å²) in [5, 5.41) is 11.4. The molecular formula is C30H18N2O. The summed E-state index contributed by atoms with van der Waals surface area (Å²) >= 11 is 0. The Bertz CT molecular complexity index is 1670. The molecule has 0 aliphatic carbocycles. The SMILES string of the molecule is N#Cc1ccnc(-c2cccc(-c3ccc4c(c3)oc3cc(-c5ccccc5)ccc34)c2)c1. The van der Waals surface area contributed by atoms with Gasteiger partial charge in [-0.25, -0.2) is 0 Å². The van der Waals surface area contributed by atoms with Gasteiger partial charge in [0.05, 0.1) is 17.3 Å². The fourth-order valence-corrected chi connectivity index (χ4v) is 4.28. The molecule has 0 aliphatic heterocycles. The second-order valence-corrected chi connectivity index (χ2v) is 8.01. The summed E-state index contributed by atoms with van der Waals surface area (Å²) < 4.78 is 6.27. The molecule has 33 heavy (non-hydrogen) atoms. The quantitative estimate of drug-likeness (QED) is 0.292. The summed E-state index contributed by atoms with van der Waals surface area (Å²) in [6, 6.07) is 37.0. The van der Waals surface area contributed by atoms with E-state index in [1.54, 1.807) is 12.3 Å². The highest BCUT2D eigenvalue weighted by Gasteiger charge is 2.11. The van der Waals surface area contributed by atoms with Crippen molar-refractivity contribution < 1.29 is 4.42 Å². The summed E-state index contributed by atoms with van der Waals surface area (Å²) in [4.78, 5) is 4.43. The zero-order chi connectivity index (χ0) is 22.2. The smallest absolute Gasteiger partial charge is 0.136 e. The number of benzene rings is 4. The molecule has 0 unspecified atom stereocenters. The molecule has 2 heterocycles. The fraction of sp³-hybridized carbons (Fsp3) is 0. The molecule has 0 saturated carbocycles. The van der Waals surface area contributed by atoms with Crippen LogP contribution < -0.4 is 0 Å². The first-order valence-electron chi connectivity index (χ1n) is 10.8. The molecule has 0 atom stereocenters. The summed E-state index contributed by atoms with van der Waals surface area (Å²) in [7, 11) is 0. The van der Waals surface area contributed by atoms with Crippen molar-refractivity contribution in [3.05, 3.63) is 115 Å². The lowest BCUT2D eigenvalue weighted by molar-refractivity contribution is 0.669. The van der Waals surface area contributed by atoms with Crippen LogP contribution in [-0.4, -0.2) is 4.98 Å². The Morgan fingerprint density at radius 2 is 1.21 bits per heavy atom. The van der Waals surface area contributed by atoms with Crippen LogP contribution in [0.2, 0.25) is 0 Å². The molecule has 4 aromatic carbocycles. The number of fused-ring (bicyclic) bond motifs is 3. The lowest BCUT2D eigenvalue weighted by Crippen LogP contribution is -1.86. The molecule has 0 spiro atoms. The first-order valence-corrected chi connectivity index (χ1v) is 10.8. The summed E-state index contributed by atoms with van der Waals surface area (Å²) in [6.07, 6.45) is 1.67. The molecule has 0 amide bonds. The van der Waals surface area contributed by atoms with E-state index >= 15 is 0 Å². The van der Waals surface area contributed by atoms with E-state index in [-0.39, 0.29) is 0 Å². The van der Waals surface area contributed by atoms with Gasteiger partial charge in [-0.1, -0.05) is 60.7 Å². The van der Waals surface area contributed by atoms with Gasteiger partial charge in [-0.15, -0.1) is 0 Å². The van der Waals surface area contributed by atoms with Crippen LogP contribution in [0.3, 0.4) is 0 Å². The summed E-state index contributed by atoms with van der Waals surface area (Å²) in [5.74, 6) is 0. The number of pyridine rings is 1. The van der Waals surface area contributed by atoms with E-state index in [0.29, 0.717) is 5.56 Å². The van der Waals surface area contributed by atoms with Crippen LogP contribution in [0.15, 0.2) is 114 Å². The molecule has 0 N–H and O–H groups in total. The maximum Gasteiger partial charge on any atom is 0.136 e. The van der Waals surface area contributed by atoms with Gasteiger partial charge in [0, 0.05) is 22.5 Å². The summed E-state index contributed by atoms with van der Waals surface area (Å²) in [6.45, 7) is 0. The Balaban J connectivity index is 1.42. The van der Waals surface area contributed by atoms with E-state index in [1.807, 2.05) is 36.4 Å². The Kier molecular flexibility index (Phi) is 4.49. The largest absolute Gasteiger partial charge is 0.456 e. The molecule has 0 saturated heterocycles. The van der Waals surface area contributed by atoms with Gasteiger partial charge in [-0.2, -0.15) is 5.26 Å². The Labute approximate surface area is 191 Å². The van der Waals surface area contributed by atoms with Crippen molar-refractivity contribution in [2.75, 3.05) is 0 Å². The first-order chi connectivity index (χ1) is 16.3. The fourth-order valence-electron chi connectivity index (χ4n) is 4.28. The number of hydrogen-bond acceptors (Lipinski definition) is 3. The van der Waals surface area contributed by atoms with E-state index in [4.69, 9.17) is 4.42 Å². The zero-order valence-corrected chi connectivity index (χ0v) is 17.7. The average Bonchev–Trinajstić information content (AvgIpc) is 3.26. The Morgan fingerprint density at radius 3 is 1.94 bits per heavy atom. The standard InChI is InChI=1S/C30H18N2O/c31-19-20-13-14-32-28(15-20)25-8-4-7-22(16-25)24-10-12-27-26-11-9-23(21-5-2-1-3-6-21)17-29(26)33-30(27)18-24/h1-18H. The van der Waals surface area contributed by atoms with Gasteiger partial charge in [0.25, 0.3) is 0 Å². The minimum atomic E-state index is 0.601. The minimum Gasteiger partial charge on any atom is -0.456 e. The van der Waals surface area contributed by atoms with Crippen molar-refractivity contribution in [3.63, 3.8) is 0 Å². The van der Waals surface area contributed by atoms with Crippen LogP contribution >= 0.6 is 0 Å². The molecule has 0 aliphatic rings. The van der Waals surface area contributed by atoms with E-state index in [2.05, 4.69) is 71.7 Å². The highest BCUT2D eigenvalue weighted by atomic mass is 16.3. The summed E-state index contributed by atoms with van der Waals surface area (Å²) in [5.41, 5.74) is 8.57. The van der Waals surface area contributed by atoms with Crippen LogP contribution in [0.4, 0.5) is 0 Å². The van der Waals surface area contributed by atoms with Gasteiger partial charge in [0.15, 0.2) is 0 Å². The molecule has 3 nitrogen and oxygen atoms in total. The normalized spacial score (nSPS) is 11.0. The molecule has 0 fully saturated rings. The van der Waals surface area contributed by atoms with Crippen molar-refractivity contribution in [1.29, 1.82) is 5.26 Å². The molecular weight excluding hydrogens is 404 g/mol. The zero-order valence-electron chi connectivity index (χ0n) is 17.7. The topological polar surface area (TPSA) is 49.8 Å². The first kappa shape index (κ1) is 19.0. The van der Waals surface area contributed by atoms with Gasteiger partial charge in [0.1, 0.15) is 11.2 Å². The van der Waals surface area contributed by atoms with Crippen molar-refractivity contribution in [1.82, 2.24) is 4.98 Å². The van der Waals surface area contributed by atoms with Gasteiger partial charge in [0.2, 0.25) is 0 Å². The van der Waals surface area contributed by atoms with Crippen LogP contribution in [0.1, 0.15) is 5.56 Å². The monoisotopic (exact) mass is 422 g/mol. The van der Waals surface area contributed by atoms with Crippen molar-refractivity contribution in [2.45, 2.75) is 0 Å². The molecule has 0 bridgehead atoms. The molecule has 2 aromatic heterocycles. The minimum absolute atomic E-state index is 0.601. The van der Waals surface area contributed by atoms with Gasteiger partial charge >= 0.3 is 0 Å². The molecule has 6 aromatic rings. The predicted octanol–water partition coefficient (Wildman–Crippen LogP) is 7.85. The maximum atomic E-state index is 9.20. The van der Waals surface area contributed by atoms with Crippen LogP contribution in [0.25, 0.3) is 55.4 Å². The molecule has 0 radical (unpaired) electrons. The van der Waals surface area contributed by atoms with E-state index in [1.165, 1.54) is 5.56 Å². The number of nitrogens with zero attached hydrogens (tertiary/aromatic N) is 2. The predicted molar refractivity (Wildman–Crippen MR) is 133 cm³/mol.